The van der Waals surface area contributed by atoms with Crippen LogP contribution in [0.5, 0.6) is 0 Å². The molecule has 0 aliphatic carbocycles. The van der Waals surface area contributed by atoms with Gasteiger partial charge in [0.25, 0.3) is 0 Å². The van der Waals surface area contributed by atoms with Gasteiger partial charge in [-0.3, -0.25) is 10.1 Å². The van der Waals surface area contributed by atoms with Crippen LogP contribution in [0, 0.1) is 11.8 Å². The predicted molar refractivity (Wildman–Crippen MR) is 72.3 cm³/mol. The summed E-state index contributed by atoms with van der Waals surface area (Å²) in [6.07, 6.45) is 0.759. The lowest BCUT2D eigenvalue weighted by Crippen LogP contribution is -2.37. The zero-order valence-electron chi connectivity index (χ0n) is 11.1. The van der Waals surface area contributed by atoms with Crippen LogP contribution in [0.25, 0.3) is 0 Å². The first-order chi connectivity index (χ1) is 8.93. The summed E-state index contributed by atoms with van der Waals surface area (Å²) in [7, 11) is 0. The third-order valence-electron chi connectivity index (χ3n) is 2.59. The van der Waals surface area contributed by atoms with Crippen LogP contribution in [0.2, 0.25) is 0 Å². The third-order valence-corrected chi connectivity index (χ3v) is 3.58. The van der Waals surface area contributed by atoms with Gasteiger partial charge in [0.1, 0.15) is 5.01 Å². The molecular weight excluding hydrogens is 268 g/mol. The molecule has 2 amide bonds. The molecule has 3 N–H and O–H groups in total. The Morgan fingerprint density at radius 1 is 1.37 bits per heavy atom. The summed E-state index contributed by atoms with van der Waals surface area (Å²) in [6, 6.07) is -0.467. The number of nitrogens with one attached hydrogen (secondary N) is 2. The first-order valence-electron chi connectivity index (χ1n) is 6.04. The summed E-state index contributed by atoms with van der Waals surface area (Å²) in [5.41, 5.74) is 0. The van der Waals surface area contributed by atoms with E-state index in [0.717, 1.165) is 11.4 Å². The van der Waals surface area contributed by atoms with Gasteiger partial charge in [-0.15, -0.1) is 10.2 Å². The van der Waals surface area contributed by atoms with E-state index in [0.29, 0.717) is 5.13 Å². The number of carboxylic acid groups (broad SMARTS) is 1. The first kappa shape index (κ1) is 15.4. The van der Waals surface area contributed by atoms with Gasteiger partial charge >= 0.3 is 12.0 Å². The molecule has 0 saturated heterocycles. The lowest BCUT2D eigenvalue weighted by Gasteiger charge is -2.16. The highest BCUT2D eigenvalue weighted by Crippen LogP contribution is 2.15. The highest BCUT2D eigenvalue weighted by Gasteiger charge is 2.22. The van der Waals surface area contributed by atoms with Crippen LogP contribution in [0.3, 0.4) is 0 Å². The van der Waals surface area contributed by atoms with Crippen LogP contribution in [0.4, 0.5) is 9.93 Å². The molecule has 1 rings (SSSR count). The second-order valence-electron chi connectivity index (χ2n) is 4.38. The van der Waals surface area contributed by atoms with Crippen molar-refractivity contribution in [2.24, 2.45) is 11.8 Å². The van der Waals surface area contributed by atoms with Gasteiger partial charge in [-0.2, -0.15) is 0 Å². The Morgan fingerprint density at radius 2 is 2.05 bits per heavy atom. The number of carboxylic acids is 1. The molecule has 0 aromatic carbocycles. The number of carbonyl (C=O) groups excluding carboxylic acids is 1. The molecule has 106 valence electrons. The lowest BCUT2D eigenvalue weighted by atomic mass is 9.96. The minimum atomic E-state index is -0.917. The van der Waals surface area contributed by atoms with Crippen molar-refractivity contribution in [3.63, 3.8) is 0 Å². The standard InChI is InChI=1S/C11H18N4O3S/c1-4-8-14-15-11(19-8)13-10(18)12-5-7(6(2)3)9(16)17/h6-7H,4-5H2,1-3H3,(H,16,17)(H2,12,13,15,18). The number of hydrogen-bond acceptors (Lipinski definition) is 5. The minimum absolute atomic E-state index is 0.0500. The first-order valence-corrected chi connectivity index (χ1v) is 6.85. The summed E-state index contributed by atoms with van der Waals surface area (Å²) < 4.78 is 0. The summed E-state index contributed by atoms with van der Waals surface area (Å²) in [4.78, 5) is 22.5. The van der Waals surface area contributed by atoms with Crippen molar-refractivity contribution in [2.45, 2.75) is 27.2 Å². The topological polar surface area (TPSA) is 104 Å². The number of nitrogens with zero attached hydrogens (tertiary/aromatic N) is 2. The summed E-state index contributed by atoms with van der Waals surface area (Å²) in [5.74, 6) is -1.57. The fourth-order valence-electron chi connectivity index (χ4n) is 1.40. The van der Waals surface area contributed by atoms with Gasteiger partial charge in [0.05, 0.1) is 5.92 Å². The van der Waals surface area contributed by atoms with E-state index in [1.807, 2.05) is 6.92 Å². The minimum Gasteiger partial charge on any atom is -0.481 e. The number of hydrogen-bond donors (Lipinski definition) is 3. The zero-order valence-corrected chi connectivity index (χ0v) is 12.0. The largest absolute Gasteiger partial charge is 0.481 e. The van der Waals surface area contributed by atoms with Crippen molar-refractivity contribution in [1.29, 1.82) is 0 Å². The molecule has 7 nitrogen and oxygen atoms in total. The average Bonchev–Trinajstić information content (AvgIpc) is 2.75. The van der Waals surface area contributed by atoms with E-state index in [-0.39, 0.29) is 12.5 Å². The molecule has 1 aromatic heterocycles. The number of aryl methyl sites for hydroxylation is 1. The third kappa shape index (κ3) is 4.82. The van der Waals surface area contributed by atoms with Crippen LogP contribution in [-0.4, -0.2) is 33.8 Å². The molecule has 0 saturated carbocycles. The van der Waals surface area contributed by atoms with E-state index >= 15 is 0 Å². The van der Waals surface area contributed by atoms with Gasteiger partial charge in [0, 0.05) is 6.54 Å². The van der Waals surface area contributed by atoms with E-state index < -0.39 is 17.9 Å². The van der Waals surface area contributed by atoms with Crippen molar-refractivity contribution in [1.82, 2.24) is 15.5 Å². The Kier molecular flexibility index (Phi) is 5.68. The lowest BCUT2D eigenvalue weighted by molar-refractivity contribution is -0.142. The second-order valence-corrected chi connectivity index (χ2v) is 5.44. The van der Waals surface area contributed by atoms with Gasteiger partial charge in [0.15, 0.2) is 0 Å². The number of aromatic nitrogens is 2. The van der Waals surface area contributed by atoms with E-state index in [4.69, 9.17) is 5.11 Å². The summed E-state index contributed by atoms with van der Waals surface area (Å²) >= 11 is 1.30. The molecule has 0 bridgehead atoms. The van der Waals surface area contributed by atoms with Crippen molar-refractivity contribution >= 4 is 28.5 Å². The summed E-state index contributed by atoms with van der Waals surface area (Å²) in [5, 5.41) is 23.0. The molecule has 19 heavy (non-hydrogen) atoms. The van der Waals surface area contributed by atoms with Crippen LogP contribution in [0.15, 0.2) is 0 Å². The van der Waals surface area contributed by atoms with Gasteiger partial charge < -0.3 is 10.4 Å². The number of aliphatic carboxylic acids is 1. The van der Waals surface area contributed by atoms with Crippen LogP contribution < -0.4 is 10.6 Å². The quantitative estimate of drug-likeness (QED) is 0.736. The number of rotatable bonds is 6. The smallest absolute Gasteiger partial charge is 0.321 e. The molecule has 0 aliphatic heterocycles. The highest BCUT2D eigenvalue weighted by atomic mass is 32.1. The molecule has 1 aromatic rings. The molecule has 1 heterocycles. The Labute approximate surface area is 115 Å². The van der Waals surface area contributed by atoms with Gasteiger partial charge in [-0.05, 0) is 12.3 Å². The predicted octanol–water partition coefficient (Wildman–Crippen LogP) is 1.58. The maximum absolute atomic E-state index is 11.6. The van der Waals surface area contributed by atoms with Crippen LogP contribution in [-0.2, 0) is 11.2 Å². The fourth-order valence-corrected chi connectivity index (χ4v) is 2.07. The van der Waals surface area contributed by atoms with Crippen molar-refractivity contribution in [2.75, 3.05) is 11.9 Å². The highest BCUT2D eigenvalue weighted by molar-refractivity contribution is 7.15. The monoisotopic (exact) mass is 286 g/mol. The van der Waals surface area contributed by atoms with Gasteiger partial charge in [-0.25, -0.2) is 4.79 Å². The Bertz CT molecular complexity index is 447. The van der Waals surface area contributed by atoms with E-state index in [1.54, 1.807) is 13.8 Å². The van der Waals surface area contributed by atoms with E-state index in [1.165, 1.54) is 11.3 Å². The molecule has 0 radical (unpaired) electrons. The number of carbonyl (C=O) groups is 2. The maximum atomic E-state index is 11.6. The molecule has 8 heteroatoms. The molecule has 0 fully saturated rings. The molecule has 1 atom stereocenters. The number of anilines is 1. The SMILES string of the molecule is CCc1nnc(NC(=O)NCC(C(=O)O)C(C)C)s1. The zero-order chi connectivity index (χ0) is 14.4. The summed E-state index contributed by atoms with van der Waals surface area (Å²) in [6.45, 7) is 5.63. The fraction of sp³-hybridized carbons (Fsp3) is 0.636. The normalized spacial score (nSPS) is 12.2. The Balaban J connectivity index is 2.44. The molecule has 1 unspecified atom stereocenters. The Morgan fingerprint density at radius 3 is 2.53 bits per heavy atom. The van der Waals surface area contributed by atoms with Gasteiger partial charge in [-0.1, -0.05) is 32.1 Å². The van der Waals surface area contributed by atoms with Crippen LogP contribution >= 0.6 is 11.3 Å². The van der Waals surface area contributed by atoms with Crippen molar-refractivity contribution in [3.05, 3.63) is 5.01 Å². The molecule has 0 aliphatic rings. The van der Waals surface area contributed by atoms with Gasteiger partial charge in [0.2, 0.25) is 5.13 Å². The Hall–Kier alpha value is -1.70. The van der Waals surface area contributed by atoms with E-state index in [9.17, 15) is 9.59 Å². The maximum Gasteiger partial charge on any atom is 0.321 e. The van der Waals surface area contributed by atoms with E-state index in [2.05, 4.69) is 20.8 Å². The molecular formula is C11H18N4O3S. The van der Waals surface area contributed by atoms with Crippen molar-refractivity contribution < 1.29 is 14.7 Å². The average molecular weight is 286 g/mol. The number of amides is 2. The number of urea groups is 1. The van der Waals surface area contributed by atoms with Crippen molar-refractivity contribution in [3.8, 4) is 0 Å². The van der Waals surface area contributed by atoms with Crippen LogP contribution in [0.1, 0.15) is 25.8 Å². The second kappa shape index (κ2) is 7.03. The molecule has 0 spiro atoms.